The average Bonchev–Trinajstić information content (AvgIpc) is 2.44. The number of carbonyl (C=O) groups is 1. The zero-order valence-electron chi connectivity index (χ0n) is 7.10. The van der Waals surface area contributed by atoms with Crippen LogP contribution >= 0.6 is 0 Å². The smallest absolute Gasteiger partial charge is 0.133 e. The van der Waals surface area contributed by atoms with E-state index in [9.17, 15) is 4.79 Å². The predicted octanol–water partition coefficient (Wildman–Crippen LogP) is 1.06. The lowest BCUT2D eigenvalue weighted by Crippen LogP contribution is -2.22. The van der Waals surface area contributed by atoms with Crippen molar-refractivity contribution in [1.29, 1.82) is 0 Å². The largest absolute Gasteiger partial charge is 0.306 e. The minimum absolute atomic E-state index is 0.409. The van der Waals surface area contributed by atoms with Gasteiger partial charge in [-0.1, -0.05) is 0 Å². The quantitative estimate of drug-likeness (QED) is 0.518. The number of hydrogen-bond donors (Lipinski definition) is 0. The van der Waals surface area contributed by atoms with Crippen LogP contribution in [0.4, 0.5) is 0 Å². The second-order valence-electron chi connectivity index (χ2n) is 4.20. The fourth-order valence-electron chi connectivity index (χ4n) is 2.51. The molecule has 1 aliphatic heterocycles. The molecule has 0 aromatic rings. The SMILES string of the molecule is CN1CCC2(CCC(=O)C2)C1. The Balaban J connectivity index is 2.07. The van der Waals surface area contributed by atoms with E-state index in [1.165, 1.54) is 13.0 Å². The van der Waals surface area contributed by atoms with Crippen molar-refractivity contribution in [3.8, 4) is 0 Å². The molecule has 2 heteroatoms. The highest BCUT2D eigenvalue weighted by Crippen LogP contribution is 2.43. The average molecular weight is 153 g/mol. The van der Waals surface area contributed by atoms with Crippen molar-refractivity contribution in [2.45, 2.75) is 25.7 Å². The lowest BCUT2D eigenvalue weighted by Gasteiger charge is -2.20. The first-order valence-corrected chi connectivity index (χ1v) is 4.41. The summed E-state index contributed by atoms with van der Waals surface area (Å²) in [6, 6.07) is 0. The fourth-order valence-corrected chi connectivity index (χ4v) is 2.51. The number of likely N-dealkylation sites (tertiary alicyclic amines) is 1. The minimum Gasteiger partial charge on any atom is -0.306 e. The Morgan fingerprint density at radius 3 is 2.73 bits per heavy atom. The number of nitrogens with zero attached hydrogens (tertiary/aromatic N) is 1. The Labute approximate surface area is 67.6 Å². The summed E-state index contributed by atoms with van der Waals surface area (Å²) in [6.07, 6.45) is 4.09. The molecule has 0 aromatic heterocycles. The van der Waals surface area contributed by atoms with Crippen LogP contribution in [0.2, 0.25) is 0 Å². The molecule has 1 unspecified atom stereocenters. The molecule has 2 fully saturated rings. The van der Waals surface area contributed by atoms with Crippen LogP contribution in [0.5, 0.6) is 0 Å². The van der Waals surface area contributed by atoms with Gasteiger partial charge < -0.3 is 4.90 Å². The molecule has 1 aliphatic carbocycles. The van der Waals surface area contributed by atoms with Gasteiger partial charge in [-0.15, -0.1) is 0 Å². The maximum Gasteiger partial charge on any atom is 0.133 e. The first-order valence-electron chi connectivity index (χ1n) is 4.41. The Bertz CT molecular complexity index is 190. The van der Waals surface area contributed by atoms with Gasteiger partial charge >= 0.3 is 0 Å². The Kier molecular flexibility index (Phi) is 1.53. The van der Waals surface area contributed by atoms with Crippen molar-refractivity contribution in [3.05, 3.63) is 0 Å². The second-order valence-corrected chi connectivity index (χ2v) is 4.20. The number of Topliss-reactive ketones (excluding diaryl/α,β-unsaturated/α-hetero) is 1. The third-order valence-electron chi connectivity index (χ3n) is 3.14. The summed E-state index contributed by atoms with van der Waals surface area (Å²) < 4.78 is 0. The molecule has 1 atom stereocenters. The minimum atomic E-state index is 0.409. The molecule has 2 rings (SSSR count). The summed E-state index contributed by atoms with van der Waals surface area (Å²) in [5.41, 5.74) is 0.409. The number of hydrogen-bond acceptors (Lipinski definition) is 2. The maximum absolute atomic E-state index is 11.1. The molecule has 2 aliphatic rings. The third kappa shape index (κ3) is 1.20. The standard InChI is InChI=1S/C9H15NO/c1-10-5-4-9(7-10)3-2-8(11)6-9/h2-7H2,1H3. The topological polar surface area (TPSA) is 20.3 Å². The van der Waals surface area contributed by atoms with Crippen molar-refractivity contribution >= 4 is 5.78 Å². The van der Waals surface area contributed by atoms with Crippen LogP contribution < -0.4 is 0 Å². The van der Waals surface area contributed by atoms with Crippen LogP contribution in [-0.4, -0.2) is 30.8 Å². The maximum atomic E-state index is 11.1. The molecule has 0 aromatic carbocycles. The number of rotatable bonds is 0. The van der Waals surface area contributed by atoms with Crippen LogP contribution in [-0.2, 0) is 4.79 Å². The highest BCUT2D eigenvalue weighted by atomic mass is 16.1. The van der Waals surface area contributed by atoms with Crippen molar-refractivity contribution in [2.75, 3.05) is 20.1 Å². The first-order chi connectivity index (χ1) is 5.20. The van der Waals surface area contributed by atoms with Gasteiger partial charge in [-0.2, -0.15) is 0 Å². The molecule has 1 saturated carbocycles. The van der Waals surface area contributed by atoms with E-state index in [1.807, 2.05) is 0 Å². The van der Waals surface area contributed by atoms with Gasteiger partial charge in [0.2, 0.25) is 0 Å². The predicted molar refractivity (Wildman–Crippen MR) is 43.4 cm³/mol. The molecule has 0 radical (unpaired) electrons. The number of ketones is 1. The molecule has 0 N–H and O–H groups in total. The van der Waals surface area contributed by atoms with Crippen LogP contribution in [0.15, 0.2) is 0 Å². The highest BCUT2D eigenvalue weighted by molar-refractivity contribution is 5.81. The lowest BCUT2D eigenvalue weighted by atomic mass is 9.86. The molecule has 2 nitrogen and oxygen atoms in total. The molecule has 0 amide bonds. The summed E-state index contributed by atoms with van der Waals surface area (Å²) in [4.78, 5) is 13.4. The van der Waals surface area contributed by atoms with Crippen LogP contribution in [0.3, 0.4) is 0 Å². The van der Waals surface area contributed by atoms with Crippen molar-refractivity contribution in [2.24, 2.45) is 5.41 Å². The normalized spacial score (nSPS) is 39.2. The van der Waals surface area contributed by atoms with E-state index >= 15 is 0 Å². The molecule has 1 heterocycles. The van der Waals surface area contributed by atoms with Gasteiger partial charge in [0.1, 0.15) is 5.78 Å². The van der Waals surface area contributed by atoms with Gasteiger partial charge in [-0.3, -0.25) is 4.79 Å². The van der Waals surface area contributed by atoms with E-state index in [1.54, 1.807) is 0 Å². The summed E-state index contributed by atoms with van der Waals surface area (Å²) in [7, 11) is 2.15. The van der Waals surface area contributed by atoms with Gasteiger partial charge in [0, 0.05) is 19.4 Å². The van der Waals surface area contributed by atoms with E-state index in [0.29, 0.717) is 11.2 Å². The molecular weight excluding hydrogens is 138 g/mol. The van der Waals surface area contributed by atoms with Crippen LogP contribution in [0, 0.1) is 5.41 Å². The highest BCUT2D eigenvalue weighted by Gasteiger charge is 2.42. The van der Waals surface area contributed by atoms with Crippen LogP contribution in [0.25, 0.3) is 0 Å². The zero-order valence-corrected chi connectivity index (χ0v) is 7.10. The van der Waals surface area contributed by atoms with Gasteiger partial charge in [0.05, 0.1) is 0 Å². The monoisotopic (exact) mass is 153 g/mol. The first kappa shape index (κ1) is 7.29. The zero-order chi connectivity index (χ0) is 7.90. The molecule has 62 valence electrons. The van der Waals surface area contributed by atoms with Crippen molar-refractivity contribution < 1.29 is 4.79 Å². The summed E-state index contributed by atoms with van der Waals surface area (Å²) in [6.45, 7) is 2.34. The van der Waals surface area contributed by atoms with Crippen LogP contribution in [0.1, 0.15) is 25.7 Å². The van der Waals surface area contributed by atoms with Gasteiger partial charge in [-0.05, 0) is 31.8 Å². The van der Waals surface area contributed by atoms with E-state index < -0.39 is 0 Å². The lowest BCUT2D eigenvalue weighted by molar-refractivity contribution is -0.117. The summed E-state index contributed by atoms with van der Waals surface area (Å²) in [5.74, 6) is 0.486. The Hall–Kier alpha value is -0.370. The molecule has 1 saturated heterocycles. The second kappa shape index (κ2) is 2.31. The molecular formula is C9H15NO. The van der Waals surface area contributed by atoms with E-state index in [-0.39, 0.29) is 0 Å². The third-order valence-corrected chi connectivity index (χ3v) is 3.14. The Morgan fingerprint density at radius 2 is 2.27 bits per heavy atom. The molecule has 1 spiro atoms. The number of carbonyl (C=O) groups excluding carboxylic acids is 1. The molecule has 11 heavy (non-hydrogen) atoms. The molecule has 0 bridgehead atoms. The van der Waals surface area contributed by atoms with E-state index in [2.05, 4.69) is 11.9 Å². The van der Waals surface area contributed by atoms with Crippen molar-refractivity contribution in [1.82, 2.24) is 4.90 Å². The fraction of sp³-hybridized carbons (Fsp3) is 0.889. The Morgan fingerprint density at radius 1 is 1.45 bits per heavy atom. The summed E-state index contributed by atoms with van der Waals surface area (Å²) >= 11 is 0. The van der Waals surface area contributed by atoms with E-state index in [0.717, 1.165) is 25.8 Å². The summed E-state index contributed by atoms with van der Waals surface area (Å²) in [5, 5.41) is 0. The van der Waals surface area contributed by atoms with Gasteiger partial charge in [0.25, 0.3) is 0 Å². The van der Waals surface area contributed by atoms with E-state index in [4.69, 9.17) is 0 Å². The van der Waals surface area contributed by atoms with Crippen molar-refractivity contribution in [3.63, 3.8) is 0 Å². The van der Waals surface area contributed by atoms with Gasteiger partial charge in [0.15, 0.2) is 0 Å². The van der Waals surface area contributed by atoms with Gasteiger partial charge in [-0.25, -0.2) is 0 Å².